The first-order valence-electron chi connectivity index (χ1n) is 8.54. The lowest BCUT2D eigenvalue weighted by Crippen LogP contribution is -2.52. The molecule has 0 saturated carbocycles. The van der Waals surface area contributed by atoms with Crippen molar-refractivity contribution in [2.45, 2.75) is 52.1 Å². The number of unbranched alkanes of at least 4 members (excludes halogenated alkanes) is 1. The van der Waals surface area contributed by atoms with E-state index in [9.17, 15) is 14.4 Å². The highest BCUT2D eigenvalue weighted by atomic mass is 16.6. The molecule has 1 aromatic carbocycles. The molecule has 0 radical (unpaired) electrons. The van der Waals surface area contributed by atoms with Gasteiger partial charge < -0.3 is 14.2 Å². The van der Waals surface area contributed by atoms with Gasteiger partial charge in [-0.3, -0.25) is 4.79 Å². The van der Waals surface area contributed by atoms with Crippen LogP contribution in [0.3, 0.4) is 0 Å². The third-order valence-electron chi connectivity index (χ3n) is 3.62. The number of hydrogen-bond donors (Lipinski definition) is 0. The van der Waals surface area contributed by atoms with Gasteiger partial charge in [0.1, 0.15) is 0 Å². The molecule has 0 amide bonds. The van der Waals surface area contributed by atoms with Crippen LogP contribution in [-0.4, -0.2) is 36.7 Å². The number of carbonyl (C=O) groups excluding carboxylic acids is 3. The van der Waals surface area contributed by atoms with Gasteiger partial charge in [0.2, 0.25) is 0 Å². The number of hydrogen-bond acceptors (Lipinski definition) is 6. The van der Waals surface area contributed by atoms with Crippen LogP contribution in [0.15, 0.2) is 30.3 Å². The first-order valence-corrected chi connectivity index (χ1v) is 8.54. The van der Waals surface area contributed by atoms with Crippen LogP contribution in [0, 0.1) is 0 Å². The normalized spacial score (nSPS) is 10.8. The van der Waals surface area contributed by atoms with Gasteiger partial charge in [-0.05, 0) is 38.7 Å². The topological polar surface area (TPSA) is 78.9 Å². The van der Waals surface area contributed by atoms with Gasteiger partial charge in [0, 0.05) is 13.3 Å². The molecule has 1 aromatic rings. The second kappa shape index (κ2) is 10.5. The highest BCUT2D eigenvalue weighted by molar-refractivity contribution is 6.05. The van der Waals surface area contributed by atoms with E-state index in [4.69, 9.17) is 14.2 Å². The summed E-state index contributed by atoms with van der Waals surface area (Å²) in [4.78, 5) is 36.3. The Hall–Kier alpha value is -2.37. The van der Waals surface area contributed by atoms with Crippen molar-refractivity contribution in [3.8, 4) is 0 Å². The van der Waals surface area contributed by atoms with Crippen LogP contribution in [0.25, 0.3) is 0 Å². The molecular formula is C19H26O6. The number of aryl methyl sites for hydroxylation is 1. The van der Waals surface area contributed by atoms with Gasteiger partial charge in [-0.15, -0.1) is 0 Å². The Morgan fingerprint density at radius 1 is 0.920 bits per heavy atom. The lowest BCUT2D eigenvalue weighted by atomic mass is 9.94. The molecule has 0 unspecified atom stereocenters. The zero-order valence-electron chi connectivity index (χ0n) is 15.1. The smallest absolute Gasteiger partial charge is 0.362 e. The summed E-state index contributed by atoms with van der Waals surface area (Å²) >= 11 is 0. The molecule has 138 valence electrons. The van der Waals surface area contributed by atoms with Gasteiger partial charge in [0.25, 0.3) is 0 Å². The summed E-state index contributed by atoms with van der Waals surface area (Å²) in [6, 6.07) is 9.87. The van der Waals surface area contributed by atoms with Crippen LogP contribution in [0.2, 0.25) is 0 Å². The van der Waals surface area contributed by atoms with E-state index in [2.05, 4.69) is 0 Å². The predicted octanol–water partition coefficient (Wildman–Crippen LogP) is 2.83. The summed E-state index contributed by atoms with van der Waals surface area (Å²) in [5.74, 6) is -2.50. The predicted molar refractivity (Wildman–Crippen MR) is 91.8 cm³/mol. The lowest BCUT2D eigenvalue weighted by molar-refractivity contribution is -0.196. The fourth-order valence-corrected chi connectivity index (χ4v) is 2.51. The summed E-state index contributed by atoms with van der Waals surface area (Å²) in [5, 5.41) is 0. The van der Waals surface area contributed by atoms with Crippen LogP contribution in [0.4, 0.5) is 0 Å². The summed E-state index contributed by atoms with van der Waals surface area (Å²) in [6.07, 6.45) is 2.05. The molecule has 0 aliphatic carbocycles. The highest BCUT2D eigenvalue weighted by Gasteiger charge is 2.52. The SMILES string of the molecule is CCOC(=O)C(CCCCc1ccccc1)(OC(C)=O)C(=O)OCC. The summed E-state index contributed by atoms with van der Waals surface area (Å²) in [6.45, 7) is 4.54. The molecule has 0 heterocycles. The van der Waals surface area contributed by atoms with E-state index in [0.29, 0.717) is 6.42 Å². The molecule has 0 fully saturated rings. The summed E-state index contributed by atoms with van der Waals surface area (Å²) in [5.41, 5.74) is -0.873. The third kappa shape index (κ3) is 6.21. The fourth-order valence-electron chi connectivity index (χ4n) is 2.51. The molecule has 25 heavy (non-hydrogen) atoms. The van der Waals surface area contributed by atoms with E-state index < -0.39 is 23.5 Å². The van der Waals surface area contributed by atoms with E-state index in [0.717, 1.165) is 25.3 Å². The molecule has 6 nitrogen and oxygen atoms in total. The molecule has 0 N–H and O–H groups in total. The highest BCUT2D eigenvalue weighted by Crippen LogP contribution is 2.25. The van der Waals surface area contributed by atoms with Gasteiger partial charge in [0.15, 0.2) is 0 Å². The Balaban J connectivity index is 2.84. The van der Waals surface area contributed by atoms with Gasteiger partial charge in [-0.2, -0.15) is 0 Å². The van der Waals surface area contributed by atoms with Crippen molar-refractivity contribution >= 4 is 17.9 Å². The summed E-state index contributed by atoms with van der Waals surface area (Å²) < 4.78 is 15.1. The number of esters is 3. The van der Waals surface area contributed by atoms with Gasteiger partial charge in [-0.25, -0.2) is 9.59 Å². The number of benzene rings is 1. The molecule has 0 aliphatic heterocycles. The van der Waals surface area contributed by atoms with Gasteiger partial charge >= 0.3 is 23.5 Å². The Labute approximate surface area is 148 Å². The number of carbonyl (C=O) groups is 3. The largest absolute Gasteiger partial charge is 0.463 e. The van der Waals surface area contributed by atoms with E-state index in [-0.39, 0.29) is 19.6 Å². The Bertz CT molecular complexity index is 549. The Morgan fingerprint density at radius 2 is 1.48 bits per heavy atom. The third-order valence-corrected chi connectivity index (χ3v) is 3.62. The molecule has 1 rings (SSSR count). The van der Waals surface area contributed by atoms with Crippen LogP contribution in [0.5, 0.6) is 0 Å². The van der Waals surface area contributed by atoms with Crippen molar-refractivity contribution in [1.82, 2.24) is 0 Å². The maximum atomic E-state index is 12.4. The Morgan fingerprint density at radius 3 is 1.96 bits per heavy atom. The molecule has 0 bridgehead atoms. The lowest BCUT2D eigenvalue weighted by Gasteiger charge is -2.28. The van der Waals surface area contributed by atoms with Gasteiger partial charge in [0.05, 0.1) is 13.2 Å². The van der Waals surface area contributed by atoms with Crippen LogP contribution < -0.4 is 0 Å². The molecule has 0 saturated heterocycles. The van der Waals surface area contributed by atoms with Crippen molar-refractivity contribution in [1.29, 1.82) is 0 Å². The quantitative estimate of drug-likeness (QED) is 0.279. The van der Waals surface area contributed by atoms with Crippen LogP contribution >= 0.6 is 0 Å². The standard InChI is InChI=1S/C19H26O6/c1-4-23-17(21)19(25-15(3)20,18(22)24-5-2)14-10-9-13-16-11-7-6-8-12-16/h6-8,11-12H,4-5,9-10,13-14H2,1-3H3. The minimum absolute atomic E-state index is 0.0249. The molecular weight excluding hydrogens is 324 g/mol. The average Bonchev–Trinajstić information content (AvgIpc) is 2.58. The second-order valence-corrected chi connectivity index (χ2v) is 5.55. The van der Waals surface area contributed by atoms with Crippen LogP contribution in [-0.2, 0) is 35.0 Å². The monoisotopic (exact) mass is 350 g/mol. The first-order chi connectivity index (χ1) is 12.0. The Kier molecular flexibility index (Phi) is 8.67. The van der Waals surface area contributed by atoms with Crippen molar-refractivity contribution in [2.24, 2.45) is 0 Å². The summed E-state index contributed by atoms with van der Waals surface area (Å²) in [7, 11) is 0. The molecule has 0 atom stereocenters. The minimum Gasteiger partial charge on any atom is -0.463 e. The van der Waals surface area contributed by atoms with Crippen LogP contribution in [0.1, 0.15) is 45.6 Å². The average molecular weight is 350 g/mol. The van der Waals surface area contributed by atoms with Crippen molar-refractivity contribution < 1.29 is 28.6 Å². The molecule has 0 aromatic heterocycles. The van der Waals surface area contributed by atoms with E-state index in [1.807, 2.05) is 30.3 Å². The second-order valence-electron chi connectivity index (χ2n) is 5.55. The van der Waals surface area contributed by atoms with Gasteiger partial charge in [-0.1, -0.05) is 30.3 Å². The van der Waals surface area contributed by atoms with E-state index in [1.165, 1.54) is 0 Å². The fraction of sp³-hybridized carbons (Fsp3) is 0.526. The number of ether oxygens (including phenoxy) is 3. The molecule has 6 heteroatoms. The van der Waals surface area contributed by atoms with E-state index >= 15 is 0 Å². The van der Waals surface area contributed by atoms with Crippen molar-refractivity contribution in [2.75, 3.05) is 13.2 Å². The van der Waals surface area contributed by atoms with Crippen molar-refractivity contribution in [3.05, 3.63) is 35.9 Å². The first kappa shape index (κ1) is 20.7. The maximum Gasteiger partial charge on any atom is 0.362 e. The number of rotatable bonds is 10. The van der Waals surface area contributed by atoms with E-state index in [1.54, 1.807) is 13.8 Å². The molecule has 0 aliphatic rings. The molecule has 0 spiro atoms. The zero-order valence-corrected chi connectivity index (χ0v) is 15.1. The zero-order chi connectivity index (χ0) is 18.7. The van der Waals surface area contributed by atoms with Crippen molar-refractivity contribution in [3.63, 3.8) is 0 Å². The maximum absolute atomic E-state index is 12.4. The minimum atomic E-state index is -2.03.